The average Bonchev–Trinajstić information content (AvgIpc) is 2.91. The fraction of sp³-hybridized carbons (Fsp3) is 0.250. The van der Waals surface area contributed by atoms with E-state index >= 15 is 0 Å². The molecule has 2 aromatic heterocycles. The van der Waals surface area contributed by atoms with Gasteiger partial charge in [0.2, 0.25) is 0 Å². The zero-order valence-corrected chi connectivity index (χ0v) is 11.1. The summed E-state index contributed by atoms with van der Waals surface area (Å²) in [6.45, 7) is 0.295. The van der Waals surface area contributed by atoms with Crippen molar-refractivity contribution in [3.05, 3.63) is 42.0 Å². The predicted octanol–water partition coefficient (Wildman–Crippen LogP) is -0.243. The van der Waals surface area contributed by atoms with Gasteiger partial charge in [-0.25, -0.2) is 9.48 Å². The standard InChI is InChI=1S/C12H14N6O3/c19-11(20)8-18-7-10(16-17-18)6-15-12(21)14-5-9-1-3-13-4-2-9/h1-4,7H,5-6,8H2,(H,19,20)(H2,14,15,21). The highest BCUT2D eigenvalue weighted by Gasteiger charge is 2.06. The number of aliphatic carboxylic acids is 1. The van der Waals surface area contributed by atoms with Crippen LogP contribution in [-0.4, -0.2) is 37.1 Å². The molecular formula is C12H14N6O3. The quantitative estimate of drug-likeness (QED) is 0.674. The first-order chi connectivity index (χ1) is 10.1. The summed E-state index contributed by atoms with van der Waals surface area (Å²) < 4.78 is 1.19. The average molecular weight is 290 g/mol. The molecule has 0 fully saturated rings. The highest BCUT2D eigenvalue weighted by molar-refractivity contribution is 5.73. The van der Waals surface area contributed by atoms with Crippen LogP contribution in [0.3, 0.4) is 0 Å². The third-order valence-corrected chi connectivity index (χ3v) is 2.52. The molecule has 9 nitrogen and oxygen atoms in total. The minimum absolute atomic E-state index is 0.168. The van der Waals surface area contributed by atoms with Crippen molar-refractivity contribution >= 4 is 12.0 Å². The molecule has 0 atom stereocenters. The van der Waals surface area contributed by atoms with Crippen molar-refractivity contribution in [3.63, 3.8) is 0 Å². The number of rotatable bonds is 6. The monoisotopic (exact) mass is 290 g/mol. The lowest BCUT2D eigenvalue weighted by atomic mass is 10.3. The molecule has 110 valence electrons. The number of urea groups is 1. The van der Waals surface area contributed by atoms with Gasteiger partial charge in [-0.05, 0) is 17.7 Å². The molecule has 2 amide bonds. The van der Waals surface area contributed by atoms with E-state index in [9.17, 15) is 9.59 Å². The predicted molar refractivity (Wildman–Crippen MR) is 71.0 cm³/mol. The van der Waals surface area contributed by atoms with Crippen LogP contribution in [0.4, 0.5) is 4.79 Å². The molecule has 0 bridgehead atoms. The Balaban J connectivity index is 1.73. The second-order valence-corrected chi connectivity index (χ2v) is 4.19. The number of carboxylic acid groups (broad SMARTS) is 1. The van der Waals surface area contributed by atoms with E-state index in [1.54, 1.807) is 24.5 Å². The van der Waals surface area contributed by atoms with Crippen LogP contribution in [-0.2, 0) is 24.4 Å². The molecular weight excluding hydrogens is 276 g/mol. The summed E-state index contributed by atoms with van der Waals surface area (Å²) >= 11 is 0. The lowest BCUT2D eigenvalue weighted by molar-refractivity contribution is -0.137. The van der Waals surface area contributed by atoms with Gasteiger partial charge in [-0.15, -0.1) is 5.10 Å². The molecule has 0 saturated carbocycles. The number of carbonyl (C=O) groups excluding carboxylic acids is 1. The number of amides is 2. The van der Waals surface area contributed by atoms with Crippen LogP contribution in [0.25, 0.3) is 0 Å². The molecule has 0 aliphatic rings. The van der Waals surface area contributed by atoms with Crippen molar-refractivity contribution in [2.24, 2.45) is 0 Å². The van der Waals surface area contributed by atoms with E-state index in [0.29, 0.717) is 12.2 Å². The molecule has 0 spiro atoms. The minimum Gasteiger partial charge on any atom is -0.480 e. The molecule has 0 aromatic carbocycles. The Morgan fingerprint density at radius 2 is 1.90 bits per heavy atom. The first kappa shape index (κ1) is 14.4. The molecule has 3 N–H and O–H groups in total. The summed E-state index contributed by atoms with van der Waals surface area (Å²) in [6.07, 6.45) is 4.77. The van der Waals surface area contributed by atoms with E-state index in [4.69, 9.17) is 5.11 Å². The zero-order chi connectivity index (χ0) is 15.1. The molecule has 21 heavy (non-hydrogen) atoms. The maximum absolute atomic E-state index is 11.6. The number of aromatic nitrogens is 4. The van der Waals surface area contributed by atoms with E-state index in [1.807, 2.05) is 0 Å². The van der Waals surface area contributed by atoms with Gasteiger partial charge in [0.25, 0.3) is 0 Å². The first-order valence-corrected chi connectivity index (χ1v) is 6.15. The number of nitrogens with zero attached hydrogens (tertiary/aromatic N) is 4. The highest BCUT2D eigenvalue weighted by atomic mass is 16.4. The Morgan fingerprint density at radius 1 is 1.19 bits per heavy atom. The molecule has 9 heteroatoms. The number of carboxylic acids is 1. The van der Waals surface area contributed by atoms with Crippen LogP contribution in [0, 0.1) is 0 Å². The van der Waals surface area contributed by atoms with Crippen molar-refractivity contribution in [1.82, 2.24) is 30.6 Å². The van der Waals surface area contributed by atoms with E-state index in [2.05, 4.69) is 25.9 Å². The summed E-state index contributed by atoms with van der Waals surface area (Å²) in [6, 6.07) is 3.26. The smallest absolute Gasteiger partial charge is 0.325 e. The summed E-state index contributed by atoms with van der Waals surface area (Å²) in [5.74, 6) is -1.01. The van der Waals surface area contributed by atoms with Gasteiger partial charge < -0.3 is 15.7 Å². The molecule has 0 aliphatic heterocycles. The van der Waals surface area contributed by atoms with Crippen LogP contribution < -0.4 is 10.6 Å². The number of pyridine rings is 1. The van der Waals surface area contributed by atoms with Gasteiger partial charge in [-0.1, -0.05) is 5.21 Å². The molecule has 0 saturated heterocycles. The summed E-state index contributed by atoms with van der Waals surface area (Å²) in [5, 5.41) is 21.3. The van der Waals surface area contributed by atoms with Crippen LogP contribution >= 0.6 is 0 Å². The molecule has 2 aromatic rings. The third kappa shape index (κ3) is 4.90. The lowest BCUT2D eigenvalue weighted by Gasteiger charge is -2.05. The van der Waals surface area contributed by atoms with E-state index in [0.717, 1.165) is 5.56 Å². The molecule has 0 aliphatic carbocycles. The van der Waals surface area contributed by atoms with Crippen molar-refractivity contribution in [3.8, 4) is 0 Å². The fourth-order valence-electron chi connectivity index (χ4n) is 1.55. The topological polar surface area (TPSA) is 122 Å². The summed E-state index contributed by atoms with van der Waals surface area (Å²) in [5.41, 5.74) is 1.42. The summed E-state index contributed by atoms with van der Waals surface area (Å²) in [4.78, 5) is 26.0. The normalized spacial score (nSPS) is 10.1. The van der Waals surface area contributed by atoms with Crippen LogP contribution in [0.15, 0.2) is 30.7 Å². The second kappa shape index (κ2) is 6.98. The van der Waals surface area contributed by atoms with Crippen molar-refractivity contribution in [2.45, 2.75) is 19.6 Å². The molecule has 0 unspecified atom stereocenters. The largest absolute Gasteiger partial charge is 0.480 e. The third-order valence-electron chi connectivity index (χ3n) is 2.52. The van der Waals surface area contributed by atoms with Crippen molar-refractivity contribution in [2.75, 3.05) is 0 Å². The fourth-order valence-corrected chi connectivity index (χ4v) is 1.55. The Bertz CT molecular complexity index is 612. The number of carbonyl (C=O) groups is 2. The van der Waals surface area contributed by atoms with Gasteiger partial charge in [0.15, 0.2) is 0 Å². The maximum atomic E-state index is 11.6. The van der Waals surface area contributed by atoms with Gasteiger partial charge in [-0.2, -0.15) is 0 Å². The number of hydrogen-bond donors (Lipinski definition) is 3. The second-order valence-electron chi connectivity index (χ2n) is 4.19. The van der Waals surface area contributed by atoms with Gasteiger partial charge >= 0.3 is 12.0 Å². The molecule has 2 rings (SSSR count). The van der Waals surface area contributed by atoms with Gasteiger partial charge in [0, 0.05) is 18.9 Å². The minimum atomic E-state index is -1.01. The number of hydrogen-bond acceptors (Lipinski definition) is 5. The maximum Gasteiger partial charge on any atom is 0.325 e. The van der Waals surface area contributed by atoms with Gasteiger partial charge in [0.1, 0.15) is 12.2 Å². The van der Waals surface area contributed by atoms with Crippen LogP contribution in [0.1, 0.15) is 11.3 Å². The summed E-state index contributed by atoms with van der Waals surface area (Å²) in [7, 11) is 0. The Hall–Kier alpha value is -2.97. The zero-order valence-electron chi connectivity index (χ0n) is 11.1. The van der Waals surface area contributed by atoms with Gasteiger partial charge in [-0.3, -0.25) is 9.78 Å². The van der Waals surface area contributed by atoms with E-state index in [-0.39, 0.29) is 19.1 Å². The Morgan fingerprint density at radius 3 is 2.62 bits per heavy atom. The van der Waals surface area contributed by atoms with Crippen molar-refractivity contribution in [1.29, 1.82) is 0 Å². The molecule has 0 radical (unpaired) electrons. The highest BCUT2D eigenvalue weighted by Crippen LogP contribution is 1.95. The van der Waals surface area contributed by atoms with Gasteiger partial charge in [0.05, 0.1) is 12.7 Å². The van der Waals surface area contributed by atoms with Crippen LogP contribution in [0.5, 0.6) is 0 Å². The van der Waals surface area contributed by atoms with E-state index in [1.165, 1.54) is 10.9 Å². The van der Waals surface area contributed by atoms with Crippen molar-refractivity contribution < 1.29 is 14.7 Å². The SMILES string of the molecule is O=C(O)Cn1cc(CNC(=O)NCc2ccncc2)nn1. The van der Waals surface area contributed by atoms with E-state index < -0.39 is 5.97 Å². The number of nitrogens with one attached hydrogen (secondary N) is 2. The Labute approximate surface area is 120 Å². The first-order valence-electron chi connectivity index (χ1n) is 6.15. The molecule has 2 heterocycles. The lowest BCUT2D eigenvalue weighted by Crippen LogP contribution is -2.34. The van der Waals surface area contributed by atoms with Crippen LogP contribution in [0.2, 0.25) is 0 Å². The Kier molecular flexibility index (Phi) is 4.80.